The van der Waals surface area contributed by atoms with Gasteiger partial charge in [0, 0.05) is 0 Å². The van der Waals surface area contributed by atoms with Crippen LogP contribution in [-0.4, -0.2) is 9.97 Å². The van der Waals surface area contributed by atoms with Crippen LogP contribution in [0.5, 0.6) is 0 Å². The summed E-state index contributed by atoms with van der Waals surface area (Å²) in [4.78, 5) is 18.9. The van der Waals surface area contributed by atoms with E-state index in [0.29, 0.717) is 23.6 Å². The van der Waals surface area contributed by atoms with Gasteiger partial charge in [0.25, 0.3) is 5.56 Å². The second kappa shape index (κ2) is 4.75. The van der Waals surface area contributed by atoms with Crippen LogP contribution in [-0.2, 0) is 13.1 Å². The summed E-state index contributed by atoms with van der Waals surface area (Å²) in [5.41, 5.74) is 0.670. The molecule has 0 aliphatic heterocycles. The summed E-state index contributed by atoms with van der Waals surface area (Å²) >= 11 is 1.40. The molecule has 0 spiro atoms. The first-order valence-corrected chi connectivity index (χ1v) is 6.40. The summed E-state index contributed by atoms with van der Waals surface area (Å²) in [5, 5.41) is 5.03. The van der Waals surface area contributed by atoms with Crippen molar-refractivity contribution >= 4 is 21.6 Å². The Bertz CT molecular complexity index is 700. The third-order valence-electron chi connectivity index (χ3n) is 2.54. The maximum Gasteiger partial charge on any atom is 0.268 e. The lowest BCUT2D eigenvalue weighted by Gasteiger charge is -2.02. The molecule has 0 aliphatic carbocycles. The fourth-order valence-corrected chi connectivity index (χ4v) is 2.45. The van der Waals surface area contributed by atoms with E-state index in [4.69, 9.17) is 4.42 Å². The first-order valence-electron chi connectivity index (χ1n) is 5.52. The number of hydrogen-bond donors (Lipinski definition) is 2. The molecule has 0 aromatic carbocycles. The smallest absolute Gasteiger partial charge is 0.268 e. The Labute approximate surface area is 106 Å². The molecule has 92 valence electrons. The van der Waals surface area contributed by atoms with Crippen LogP contribution in [0.3, 0.4) is 0 Å². The predicted molar refractivity (Wildman–Crippen MR) is 69.5 cm³/mol. The molecule has 0 aliphatic rings. The number of nitrogens with one attached hydrogen (secondary N) is 2. The van der Waals surface area contributed by atoms with Crippen LogP contribution in [0.2, 0.25) is 0 Å². The standard InChI is InChI=1S/C12H11N3O2S/c16-12-11-9(3-5-18-11)14-10(15-12)7-13-6-8-2-1-4-17-8/h1-5,13H,6-7H2,(H,14,15,16). The van der Waals surface area contributed by atoms with Gasteiger partial charge in [-0.15, -0.1) is 11.3 Å². The minimum atomic E-state index is -0.0789. The molecule has 5 nitrogen and oxygen atoms in total. The molecule has 0 radical (unpaired) electrons. The van der Waals surface area contributed by atoms with E-state index in [0.717, 1.165) is 11.3 Å². The number of hydrogen-bond acceptors (Lipinski definition) is 5. The lowest BCUT2D eigenvalue weighted by molar-refractivity contribution is 0.480. The maximum atomic E-state index is 11.7. The first kappa shape index (κ1) is 11.2. The Morgan fingerprint density at radius 3 is 3.17 bits per heavy atom. The average Bonchev–Trinajstić information content (AvgIpc) is 2.99. The number of aromatic amines is 1. The van der Waals surface area contributed by atoms with E-state index in [1.54, 1.807) is 6.26 Å². The maximum absolute atomic E-state index is 11.7. The van der Waals surface area contributed by atoms with Gasteiger partial charge in [-0.2, -0.15) is 0 Å². The second-order valence-corrected chi connectivity index (χ2v) is 4.75. The number of rotatable bonds is 4. The van der Waals surface area contributed by atoms with Gasteiger partial charge in [0.15, 0.2) is 0 Å². The largest absolute Gasteiger partial charge is 0.468 e. The molecule has 0 bridgehead atoms. The molecule has 0 saturated heterocycles. The van der Waals surface area contributed by atoms with Crippen molar-refractivity contribution in [1.82, 2.24) is 15.3 Å². The fourth-order valence-electron chi connectivity index (χ4n) is 1.72. The van der Waals surface area contributed by atoms with Crippen molar-refractivity contribution in [3.8, 4) is 0 Å². The lowest BCUT2D eigenvalue weighted by atomic mass is 10.4. The van der Waals surface area contributed by atoms with Crippen molar-refractivity contribution in [2.75, 3.05) is 0 Å². The molecule has 0 atom stereocenters. The van der Waals surface area contributed by atoms with Crippen LogP contribution in [0, 0.1) is 0 Å². The normalized spacial score (nSPS) is 11.1. The van der Waals surface area contributed by atoms with Crippen molar-refractivity contribution in [2.45, 2.75) is 13.1 Å². The third-order valence-corrected chi connectivity index (χ3v) is 3.44. The molecule has 0 unspecified atom stereocenters. The zero-order valence-electron chi connectivity index (χ0n) is 9.47. The first-order chi connectivity index (χ1) is 8.83. The van der Waals surface area contributed by atoms with Gasteiger partial charge in [0.05, 0.1) is 24.9 Å². The average molecular weight is 261 g/mol. The molecule has 2 N–H and O–H groups in total. The molecule has 3 heterocycles. The number of furan rings is 1. The topological polar surface area (TPSA) is 70.9 Å². The Morgan fingerprint density at radius 1 is 1.39 bits per heavy atom. The van der Waals surface area contributed by atoms with Gasteiger partial charge < -0.3 is 14.7 Å². The highest BCUT2D eigenvalue weighted by Gasteiger charge is 2.04. The van der Waals surface area contributed by atoms with Crippen LogP contribution < -0.4 is 10.9 Å². The van der Waals surface area contributed by atoms with E-state index in [2.05, 4.69) is 15.3 Å². The molecule has 18 heavy (non-hydrogen) atoms. The van der Waals surface area contributed by atoms with Gasteiger partial charge in [-0.3, -0.25) is 4.79 Å². The monoisotopic (exact) mass is 261 g/mol. The zero-order valence-corrected chi connectivity index (χ0v) is 10.3. The van der Waals surface area contributed by atoms with Crippen molar-refractivity contribution in [2.24, 2.45) is 0 Å². The quantitative estimate of drug-likeness (QED) is 0.752. The van der Waals surface area contributed by atoms with Crippen molar-refractivity contribution in [1.29, 1.82) is 0 Å². The summed E-state index contributed by atoms with van der Waals surface area (Å²) in [7, 11) is 0. The third kappa shape index (κ3) is 2.20. The molecule has 6 heteroatoms. The van der Waals surface area contributed by atoms with Gasteiger partial charge in [0.2, 0.25) is 0 Å². The van der Waals surface area contributed by atoms with Crippen LogP contribution in [0.25, 0.3) is 10.2 Å². The Balaban J connectivity index is 1.72. The van der Waals surface area contributed by atoms with E-state index in [1.807, 2.05) is 23.6 Å². The summed E-state index contributed by atoms with van der Waals surface area (Å²) < 4.78 is 5.87. The highest BCUT2D eigenvalue weighted by atomic mass is 32.1. The minimum Gasteiger partial charge on any atom is -0.468 e. The molecule has 0 saturated carbocycles. The van der Waals surface area contributed by atoms with Crippen molar-refractivity contribution in [3.63, 3.8) is 0 Å². The summed E-state index contributed by atoms with van der Waals surface area (Å²) in [6.07, 6.45) is 1.63. The van der Waals surface area contributed by atoms with Gasteiger partial charge in [-0.1, -0.05) is 0 Å². The van der Waals surface area contributed by atoms with E-state index >= 15 is 0 Å². The molecular weight excluding hydrogens is 250 g/mol. The van der Waals surface area contributed by atoms with Gasteiger partial charge in [-0.25, -0.2) is 4.98 Å². The zero-order chi connectivity index (χ0) is 12.4. The summed E-state index contributed by atoms with van der Waals surface area (Å²) in [6.45, 7) is 1.11. The van der Waals surface area contributed by atoms with Crippen LogP contribution >= 0.6 is 11.3 Å². The predicted octanol–water partition coefficient (Wildman–Crippen LogP) is 1.87. The van der Waals surface area contributed by atoms with E-state index in [9.17, 15) is 4.79 Å². The van der Waals surface area contributed by atoms with Crippen molar-refractivity contribution < 1.29 is 4.42 Å². The number of nitrogens with zero attached hydrogens (tertiary/aromatic N) is 1. The number of aromatic nitrogens is 2. The molecule has 3 aromatic rings. The van der Waals surface area contributed by atoms with Gasteiger partial charge in [-0.05, 0) is 23.6 Å². The summed E-state index contributed by atoms with van der Waals surface area (Å²) in [5.74, 6) is 1.49. The lowest BCUT2D eigenvalue weighted by Crippen LogP contribution is -2.18. The van der Waals surface area contributed by atoms with Gasteiger partial charge in [0.1, 0.15) is 16.3 Å². The highest BCUT2D eigenvalue weighted by molar-refractivity contribution is 7.17. The highest BCUT2D eigenvalue weighted by Crippen LogP contribution is 2.13. The number of fused-ring (bicyclic) bond motifs is 1. The molecule has 0 amide bonds. The van der Waals surface area contributed by atoms with Crippen LogP contribution in [0.15, 0.2) is 39.1 Å². The minimum absolute atomic E-state index is 0.0789. The van der Waals surface area contributed by atoms with Crippen LogP contribution in [0.1, 0.15) is 11.6 Å². The Hall–Kier alpha value is -1.92. The van der Waals surface area contributed by atoms with E-state index < -0.39 is 0 Å². The molecule has 0 fully saturated rings. The van der Waals surface area contributed by atoms with Crippen LogP contribution in [0.4, 0.5) is 0 Å². The molecule has 3 aromatic heterocycles. The van der Waals surface area contributed by atoms with Crippen molar-refractivity contribution in [3.05, 3.63) is 51.8 Å². The second-order valence-electron chi connectivity index (χ2n) is 3.83. The SMILES string of the molecule is O=c1[nH]c(CNCc2ccco2)nc2ccsc12. The number of thiophene rings is 1. The Kier molecular flexibility index (Phi) is 2.95. The molecular formula is C12H11N3O2S. The van der Waals surface area contributed by atoms with E-state index in [1.165, 1.54) is 11.3 Å². The van der Waals surface area contributed by atoms with Gasteiger partial charge >= 0.3 is 0 Å². The van der Waals surface area contributed by atoms with E-state index in [-0.39, 0.29) is 5.56 Å². The molecule has 3 rings (SSSR count). The Morgan fingerprint density at radius 2 is 2.33 bits per heavy atom. The summed E-state index contributed by atoms with van der Waals surface area (Å²) in [6, 6.07) is 5.59. The number of H-pyrrole nitrogens is 1. The fraction of sp³-hybridized carbons (Fsp3) is 0.167.